The van der Waals surface area contributed by atoms with Crippen molar-refractivity contribution < 1.29 is 28.6 Å². The standard InChI is InChI=1S/C71H122O6/c1-4-7-10-13-16-19-22-25-27-29-30-31-32-33-34-35-36-37-38-39-40-41-42-43-45-46-49-52-55-58-61-64-70(73)76-67-68(66-75-69(72)63-60-57-54-51-48-24-21-18-15-12-9-6-3)77-71(74)65-62-59-56-53-50-47-44-28-26-23-20-17-14-11-8-5-2/h7,10,16,18-21,23,25,27-28,30-31,33-34,44,68H,4-6,8-9,11-15,17,22,24,26,29,32,35-43,45-67H2,1-3H3/b10-7-,19-16-,21-18-,23-20-,27-25-,31-30-,34-33-,44-28-. The van der Waals surface area contributed by atoms with Gasteiger partial charge in [-0.15, -0.1) is 0 Å². The van der Waals surface area contributed by atoms with Crippen molar-refractivity contribution in [3.05, 3.63) is 97.2 Å². The van der Waals surface area contributed by atoms with Crippen LogP contribution in [-0.2, 0) is 28.6 Å². The van der Waals surface area contributed by atoms with Crippen LogP contribution in [0.2, 0.25) is 0 Å². The summed E-state index contributed by atoms with van der Waals surface area (Å²) >= 11 is 0. The van der Waals surface area contributed by atoms with Gasteiger partial charge in [0, 0.05) is 19.3 Å². The average Bonchev–Trinajstić information content (AvgIpc) is 3.43. The van der Waals surface area contributed by atoms with E-state index in [1.165, 1.54) is 154 Å². The van der Waals surface area contributed by atoms with Gasteiger partial charge >= 0.3 is 17.9 Å². The van der Waals surface area contributed by atoms with Gasteiger partial charge in [0.05, 0.1) is 0 Å². The first-order chi connectivity index (χ1) is 38.0. The average molecular weight is 1070 g/mol. The van der Waals surface area contributed by atoms with Crippen molar-refractivity contribution >= 4 is 17.9 Å². The first-order valence-corrected chi connectivity index (χ1v) is 32.7. The second-order valence-electron chi connectivity index (χ2n) is 21.6. The Hall–Kier alpha value is -3.67. The molecule has 0 spiro atoms. The summed E-state index contributed by atoms with van der Waals surface area (Å²) in [5.74, 6) is -0.897. The minimum atomic E-state index is -0.788. The van der Waals surface area contributed by atoms with E-state index in [1.807, 2.05) is 0 Å². The molecule has 0 aromatic carbocycles. The Kier molecular flexibility index (Phi) is 61.8. The number of carbonyl (C=O) groups is 3. The second kappa shape index (κ2) is 64.9. The highest BCUT2D eigenvalue weighted by atomic mass is 16.6. The van der Waals surface area contributed by atoms with Crippen molar-refractivity contribution in [2.75, 3.05) is 13.2 Å². The molecule has 0 bridgehead atoms. The Morgan fingerprint density at radius 3 is 0.831 bits per heavy atom. The minimum Gasteiger partial charge on any atom is -0.462 e. The summed E-state index contributed by atoms with van der Waals surface area (Å²) in [5, 5.41) is 0. The molecule has 0 aromatic rings. The fourth-order valence-corrected chi connectivity index (χ4v) is 9.14. The van der Waals surface area contributed by atoms with E-state index >= 15 is 0 Å². The van der Waals surface area contributed by atoms with Crippen LogP contribution in [0.3, 0.4) is 0 Å². The molecule has 0 saturated carbocycles. The van der Waals surface area contributed by atoms with E-state index in [0.717, 1.165) is 122 Å². The quantitative estimate of drug-likeness (QED) is 0.0261. The summed E-state index contributed by atoms with van der Waals surface area (Å²) in [7, 11) is 0. The van der Waals surface area contributed by atoms with Gasteiger partial charge in [-0.1, -0.05) is 272 Å². The Morgan fingerprint density at radius 2 is 0.506 bits per heavy atom. The molecule has 0 N–H and O–H groups in total. The van der Waals surface area contributed by atoms with Crippen LogP contribution in [0.25, 0.3) is 0 Å². The molecule has 0 fully saturated rings. The lowest BCUT2D eigenvalue weighted by Gasteiger charge is -2.18. The first kappa shape index (κ1) is 73.3. The zero-order valence-corrected chi connectivity index (χ0v) is 50.7. The summed E-state index contributed by atoms with van der Waals surface area (Å²) in [4.78, 5) is 38.3. The van der Waals surface area contributed by atoms with Gasteiger partial charge in [-0.05, 0) is 122 Å². The molecule has 0 aliphatic heterocycles. The molecule has 0 heterocycles. The van der Waals surface area contributed by atoms with Gasteiger partial charge in [0.25, 0.3) is 0 Å². The van der Waals surface area contributed by atoms with Gasteiger partial charge in [-0.3, -0.25) is 14.4 Å². The van der Waals surface area contributed by atoms with Crippen LogP contribution < -0.4 is 0 Å². The Bertz CT molecular complexity index is 1510. The van der Waals surface area contributed by atoms with Gasteiger partial charge in [0.15, 0.2) is 6.10 Å². The minimum absolute atomic E-state index is 0.0837. The zero-order valence-electron chi connectivity index (χ0n) is 50.7. The summed E-state index contributed by atoms with van der Waals surface area (Å²) in [6.45, 7) is 6.49. The topological polar surface area (TPSA) is 78.9 Å². The smallest absolute Gasteiger partial charge is 0.306 e. The zero-order chi connectivity index (χ0) is 55.7. The van der Waals surface area contributed by atoms with Crippen molar-refractivity contribution in [3.63, 3.8) is 0 Å². The predicted molar refractivity (Wildman–Crippen MR) is 334 cm³/mol. The predicted octanol–water partition coefficient (Wildman–Crippen LogP) is 22.4. The summed E-state index contributed by atoms with van der Waals surface area (Å²) in [6, 6.07) is 0. The molecular formula is C71H122O6. The summed E-state index contributed by atoms with van der Waals surface area (Å²) in [5.41, 5.74) is 0. The lowest BCUT2D eigenvalue weighted by atomic mass is 10.0. The molecule has 6 heteroatoms. The van der Waals surface area contributed by atoms with Gasteiger partial charge in [-0.2, -0.15) is 0 Å². The molecule has 77 heavy (non-hydrogen) atoms. The monoisotopic (exact) mass is 1070 g/mol. The number of unbranched alkanes of at least 4 members (excludes halogenated alkanes) is 32. The molecule has 0 amide bonds. The van der Waals surface area contributed by atoms with Crippen LogP contribution in [-0.4, -0.2) is 37.2 Å². The fraction of sp³-hybridized carbons (Fsp3) is 0.732. The van der Waals surface area contributed by atoms with Crippen molar-refractivity contribution in [1.82, 2.24) is 0 Å². The van der Waals surface area contributed by atoms with E-state index in [9.17, 15) is 14.4 Å². The van der Waals surface area contributed by atoms with Crippen LogP contribution in [0.15, 0.2) is 97.2 Å². The molecule has 0 aliphatic rings. The molecule has 0 aliphatic carbocycles. The highest BCUT2D eigenvalue weighted by molar-refractivity contribution is 5.71. The van der Waals surface area contributed by atoms with E-state index in [4.69, 9.17) is 14.2 Å². The van der Waals surface area contributed by atoms with Gasteiger partial charge < -0.3 is 14.2 Å². The number of allylic oxidation sites excluding steroid dienone is 16. The van der Waals surface area contributed by atoms with Gasteiger partial charge in [0.1, 0.15) is 13.2 Å². The van der Waals surface area contributed by atoms with Crippen molar-refractivity contribution in [2.24, 2.45) is 0 Å². The molecular weight excluding hydrogens is 949 g/mol. The third kappa shape index (κ3) is 63.0. The fourth-order valence-electron chi connectivity index (χ4n) is 9.14. The Morgan fingerprint density at radius 1 is 0.273 bits per heavy atom. The number of hydrogen-bond acceptors (Lipinski definition) is 6. The molecule has 0 radical (unpaired) electrons. The molecule has 6 nitrogen and oxygen atoms in total. The molecule has 442 valence electrons. The first-order valence-electron chi connectivity index (χ1n) is 32.7. The van der Waals surface area contributed by atoms with E-state index < -0.39 is 6.10 Å². The molecule has 1 unspecified atom stereocenters. The SMILES string of the molecule is CC/C=C\C/C=C\C/C=C\C/C=C\C/C=C\CCCCCCCCCCCCCCCCCC(=O)OCC(COC(=O)CCCCCCC/C=C\CCCCC)OC(=O)CCCCCCC/C=C\C/C=C\CCCCCC. The van der Waals surface area contributed by atoms with Crippen molar-refractivity contribution in [2.45, 2.75) is 322 Å². The third-order valence-corrected chi connectivity index (χ3v) is 14.0. The molecule has 0 rings (SSSR count). The maximum atomic E-state index is 12.9. The summed E-state index contributed by atoms with van der Waals surface area (Å²) < 4.78 is 16.9. The Balaban J connectivity index is 4.20. The maximum absolute atomic E-state index is 12.9. The van der Waals surface area contributed by atoms with Gasteiger partial charge in [0.2, 0.25) is 0 Å². The lowest BCUT2D eigenvalue weighted by Crippen LogP contribution is -2.30. The van der Waals surface area contributed by atoms with Crippen LogP contribution >= 0.6 is 0 Å². The van der Waals surface area contributed by atoms with E-state index in [1.54, 1.807) is 0 Å². The number of rotatable bonds is 59. The third-order valence-electron chi connectivity index (χ3n) is 14.0. The van der Waals surface area contributed by atoms with Crippen LogP contribution in [0.1, 0.15) is 316 Å². The molecule has 0 saturated heterocycles. The van der Waals surface area contributed by atoms with E-state index in [2.05, 4.69) is 118 Å². The molecule has 0 aromatic heterocycles. The number of carbonyl (C=O) groups excluding carboxylic acids is 3. The number of hydrogen-bond donors (Lipinski definition) is 0. The second-order valence-corrected chi connectivity index (χ2v) is 21.6. The Labute approximate surface area is 477 Å². The summed E-state index contributed by atoms with van der Waals surface area (Å²) in [6.07, 6.45) is 87.1. The van der Waals surface area contributed by atoms with Crippen molar-refractivity contribution in [1.29, 1.82) is 0 Å². The highest BCUT2D eigenvalue weighted by Gasteiger charge is 2.19. The van der Waals surface area contributed by atoms with Crippen molar-refractivity contribution in [3.8, 4) is 0 Å². The van der Waals surface area contributed by atoms with Crippen LogP contribution in [0.5, 0.6) is 0 Å². The van der Waals surface area contributed by atoms with Crippen LogP contribution in [0, 0.1) is 0 Å². The van der Waals surface area contributed by atoms with E-state index in [-0.39, 0.29) is 31.1 Å². The maximum Gasteiger partial charge on any atom is 0.306 e. The largest absolute Gasteiger partial charge is 0.462 e. The molecule has 1 atom stereocenters. The number of ether oxygens (including phenoxy) is 3. The highest BCUT2D eigenvalue weighted by Crippen LogP contribution is 2.16. The van der Waals surface area contributed by atoms with Crippen LogP contribution in [0.4, 0.5) is 0 Å². The van der Waals surface area contributed by atoms with Gasteiger partial charge in [-0.25, -0.2) is 0 Å². The normalized spacial score (nSPS) is 12.7. The van der Waals surface area contributed by atoms with E-state index in [0.29, 0.717) is 19.3 Å². The lowest BCUT2D eigenvalue weighted by molar-refractivity contribution is -0.167. The number of esters is 3.